The van der Waals surface area contributed by atoms with Crippen molar-refractivity contribution < 1.29 is 14.3 Å². The molecule has 1 amide bonds. The van der Waals surface area contributed by atoms with Gasteiger partial charge in [0.05, 0.1) is 18.9 Å². The summed E-state index contributed by atoms with van der Waals surface area (Å²) < 4.78 is 10.8. The lowest BCUT2D eigenvalue weighted by Gasteiger charge is -2.35. The Morgan fingerprint density at radius 3 is 2.52 bits per heavy atom. The molecule has 3 rings (SSSR count). The predicted octanol–water partition coefficient (Wildman–Crippen LogP) is 3.31. The summed E-state index contributed by atoms with van der Waals surface area (Å²) in [5.74, 6) is 0.910. The minimum Gasteiger partial charge on any atom is -0.444 e. The molecule has 0 N–H and O–H groups in total. The Bertz CT molecular complexity index is 556. The second-order valence-electron chi connectivity index (χ2n) is 7.45. The minimum absolute atomic E-state index is 0.199. The SMILES string of the molecule is CC(C)(C)OC(=O)N1CCC(c2cccnc2C2COC2)CC1. The Labute approximate surface area is 138 Å². The van der Waals surface area contributed by atoms with Gasteiger partial charge in [0.2, 0.25) is 0 Å². The Morgan fingerprint density at radius 1 is 1.26 bits per heavy atom. The molecule has 0 unspecified atom stereocenters. The number of carbonyl (C=O) groups excluding carboxylic acids is 1. The van der Waals surface area contributed by atoms with Gasteiger partial charge in [0.25, 0.3) is 0 Å². The number of likely N-dealkylation sites (tertiary alicyclic amines) is 1. The summed E-state index contributed by atoms with van der Waals surface area (Å²) in [6.45, 7) is 8.76. The van der Waals surface area contributed by atoms with Crippen LogP contribution in [0, 0.1) is 0 Å². The Balaban J connectivity index is 1.62. The quantitative estimate of drug-likeness (QED) is 0.839. The van der Waals surface area contributed by atoms with Crippen molar-refractivity contribution in [3.63, 3.8) is 0 Å². The third kappa shape index (κ3) is 3.83. The highest BCUT2D eigenvalue weighted by atomic mass is 16.6. The fraction of sp³-hybridized carbons (Fsp3) is 0.667. The van der Waals surface area contributed by atoms with E-state index in [1.807, 2.05) is 37.9 Å². The molecule has 0 radical (unpaired) electrons. The van der Waals surface area contributed by atoms with Gasteiger partial charge in [0.1, 0.15) is 5.60 Å². The molecule has 0 bridgehead atoms. The maximum Gasteiger partial charge on any atom is 0.410 e. The van der Waals surface area contributed by atoms with Crippen molar-refractivity contribution >= 4 is 6.09 Å². The van der Waals surface area contributed by atoms with Crippen LogP contribution in [0.5, 0.6) is 0 Å². The number of rotatable bonds is 2. The van der Waals surface area contributed by atoms with Crippen molar-refractivity contribution in [2.75, 3.05) is 26.3 Å². The summed E-state index contributed by atoms with van der Waals surface area (Å²) in [5, 5.41) is 0. The number of amides is 1. The number of carbonyl (C=O) groups is 1. The lowest BCUT2D eigenvalue weighted by molar-refractivity contribution is 0.00587. The summed E-state index contributed by atoms with van der Waals surface area (Å²) in [4.78, 5) is 18.6. The van der Waals surface area contributed by atoms with Gasteiger partial charge in [-0.1, -0.05) is 6.07 Å². The molecule has 0 aromatic carbocycles. The summed E-state index contributed by atoms with van der Waals surface area (Å²) in [6, 6.07) is 4.20. The van der Waals surface area contributed by atoms with Crippen LogP contribution in [0.3, 0.4) is 0 Å². The largest absolute Gasteiger partial charge is 0.444 e. The van der Waals surface area contributed by atoms with Gasteiger partial charge in [-0.05, 0) is 51.2 Å². The number of hydrogen-bond acceptors (Lipinski definition) is 4. The molecule has 0 saturated carbocycles. The van der Waals surface area contributed by atoms with Crippen LogP contribution in [0.2, 0.25) is 0 Å². The van der Waals surface area contributed by atoms with E-state index in [1.54, 1.807) is 0 Å². The third-order valence-electron chi connectivity index (χ3n) is 4.48. The van der Waals surface area contributed by atoms with Crippen LogP contribution in [-0.4, -0.2) is 47.9 Å². The number of pyridine rings is 1. The molecule has 0 aliphatic carbocycles. The molecule has 5 nitrogen and oxygen atoms in total. The molecular weight excluding hydrogens is 292 g/mol. The smallest absolute Gasteiger partial charge is 0.410 e. The lowest BCUT2D eigenvalue weighted by Crippen LogP contribution is -2.41. The molecule has 23 heavy (non-hydrogen) atoms. The van der Waals surface area contributed by atoms with Crippen molar-refractivity contribution in [3.8, 4) is 0 Å². The fourth-order valence-corrected chi connectivity index (χ4v) is 3.21. The Morgan fingerprint density at radius 2 is 1.96 bits per heavy atom. The number of aromatic nitrogens is 1. The zero-order valence-corrected chi connectivity index (χ0v) is 14.2. The number of nitrogens with zero attached hydrogens (tertiary/aromatic N) is 2. The van der Waals surface area contributed by atoms with Crippen molar-refractivity contribution in [3.05, 3.63) is 29.6 Å². The summed E-state index contributed by atoms with van der Waals surface area (Å²) >= 11 is 0. The highest BCUT2D eigenvalue weighted by Gasteiger charge is 2.31. The van der Waals surface area contributed by atoms with E-state index in [0.29, 0.717) is 11.8 Å². The van der Waals surface area contributed by atoms with Crippen LogP contribution in [0.1, 0.15) is 56.7 Å². The summed E-state index contributed by atoms with van der Waals surface area (Å²) in [7, 11) is 0. The van der Waals surface area contributed by atoms with Gasteiger partial charge in [-0.2, -0.15) is 0 Å². The van der Waals surface area contributed by atoms with Crippen LogP contribution >= 0.6 is 0 Å². The molecule has 0 atom stereocenters. The van der Waals surface area contributed by atoms with E-state index in [4.69, 9.17) is 9.47 Å². The number of hydrogen-bond donors (Lipinski definition) is 0. The summed E-state index contributed by atoms with van der Waals surface area (Å²) in [5.41, 5.74) is 2.09. The fourth-order valence-electron chi connectivity index (χ4n) is 3.21. The second kappa shape index (κ2) is 6.48. The van der Waals surface area contributed by atoms with Crippen molar-refractivity contribution in [1.82, 2.24) is 9.88 Å². The zero-order chi connectivity index (χ0) is 16.4. The average Bonchev–Trinajstić information content (AvgIpc) is 2.44. The molecule has 2 aliphatic rings. The predicted molar refractivity (Wildman–Crippen MR) is 87.6 cm³/mol. The minimum atomic E-state index is -0.436. The Kier molecular flexibility index (Phi) is 4.57. The first-order chi connectivity index (χ1) is 10.9. The van der Waals surface area contributed by atoms with Gasteiger partial charge in [-0.25, -0.2) is 4.79 Å². The number of piperidine rings is 1. The summed E-state index contributed by atoms with van der Waals surface area (Å²) in [6.07, 6.45) is 3.60. The van der Waals surface area contributed by atoms with Gasteiger partial charge in [-0.3, -0.25) is 4.98 Å². The van der Waals surface area contributed by atoms with E-state index in [1.165, 1.54) is 11.3 Å². The van der Waals surface area contributed by atoms with Crippen LogP contribution in [0.25, 0.3) is 0 Å². The molecule has 3 heterocycles. The molecule has 1 aromatic heterocycles. The van der Waals surface area contributed by atoms with Crippen LogP contribution in [0.4, 0.5) is 4.79 Å². The molecule has 126 valence electrons. The lowest BCUT2D eigenvalue weighted by atomic mass is 9.85. The maximum atomic E-state index is 12.2. The van der Waals surface area contributed by atoms with E-state index in [9.17, 15) is 4.79 Å². The van der Waals surface area contributed by atoms with Crippen LogP contribution in [0.15, 0.2) is 18.3 Å². The average molecular weight is 318 g/mol. The van der Waals surface area contributed by atoms with Gasteiger partial charge in [0.15, 0.2) is 0 Å². The molecular formula is C18H26N2O3. The standard InChI is InChI=1S/C18H26N2O3/c1-18(2,3)23-17(21)20-9-6-13(7-10-20)15-5-4-8-19-16(15)14-11-22-12-14/h4-5,8,13-14H,6-7,9-12H2,1-3H3. The molecule has 2 saturated heterocycles. The normalized spacial score (nSPS) is 20.2. The molecule has 2 fully saturated rings. The molecule has 5 heteroatoms. The van der Waals surface area contributed by atoms with Crippen molar-refractivity contribution in [2.45, 2.75) is 51.0 Å². The maximum absolute atomic E-state index is 12.2. The van der Waals surface area contributed by atoms with Gasteiger partial charge >= 0.3 is 6.09 Å². The van der Waals surface area contributed by atoms with E-state index in [0.717, 1.165) is 39.1 Å². The first-order valence-electron chi connectivity index (χ1n) is 8.44. The topological polar surface area (TPSA) is 51.7 Å². The van der Waals surface area contributed by atoms with Gasteiger partial charge in [0, 0.05) is 25.2 Å². The monoisotopic (exact) mass is 318 g/mol. The molecule has 0 spiro atoms. The van der Waals surface area contributed by atoms with Gasteiger partial charge in [-0.15, -0.1) is 0 Å². The van der Waals surface area contributed by atoms with Gasteiger partial charge < -0.3 is 14.4 Å². The van der Waals surface area contributed by atoms with Crippen molar-refractivity contribution in [1.29, 1.82) is 0 Å². The van der Waals surface area contributed by atoms with E-state index in [2.05, 4.69) is 11.1 Å². The molecule has 2 aliphatic heterocycles. The highest BCUT2D eigenvalue weighted by Crippen LogP contribution is 2.35. The first kappa shape index (κ1) is 16.2. The molecule has 1 aromatic rings. The van der Waals surface area contributed by atoms with Crippen molar-refractivity contribution in [2.24, 2.45) is 0 Å². The second-order valence-corrected chi connectivity index (χ2v) is 7.45. The van der Waals surface area contributed by atoms with E-state index >= 15 is 0 Å². The Hall–Kier alpha value is -1.62. The zero-order valence-electron chi connectivity index (χ0n) is 14.2. The van der Waals surface area contributed by atoms with Crippen LogP contribution < -0.4 is 0 Å². The third-order valence-corrected chi connectivity index (χ3v) is 4.48. The van der Waals surface area contributed by atoms with Crippen LogP contribution in [-0.2, 0) is 9.47 Å². The first-order valence-corrected chi connectivity index (χ1v) is 8.44. The highest BCUT2D eigenvalue weighted by molar-refractivity contribution is 5.68. The van der Waals surface area contributed by atoms with E-state index in [-0.39, 0.29) is 6.09 Å². The number of ether oxygens (including phenoxy) is 2. The van der Waals surface area contributed by atoms with E-state index < -0.39 is 5.60 Å².